The highest BCUT2D eigenvalue weighted by atomic mass is 32.2. The molecule has 1 aliphatic heterocycles. The van der Waals surface area contributed by atoms with Crippen LogP contribution >= 0.6 is 11.8 Å². The Morgan fingerprint density at radius 1 is 0.800 bits per heavy atom. The Morgan fingerprint density at radius 3 is 2.03 bits per heavy atom. The number of benzene rings is 3. The number of hydrogen-bond acceptors (Lipinski definition) is 4. The van der Waals surface area contributed by atoms with Crippen LogP contribution in [0.5, 0.6) is 0 Å². The van der Waals surface area contributed by atoms with Crippen LogP contribution in [-0.4, -0.2) is 17.8 Å². The second-order valence-corrected chi connectivity index (χ2v) is 7.92. The van der Waals surface area contributed by atoms with E-state index in [-0.39, 0.29) is 5.57 Å². The van der Waals surface area contributed by atoms with Gasteiger partial charge < -0.3 is 0 Å². The summed E-state index contributed by atoms with van der Waals surface area (Å²) in [5, 5.41) is 2.23. The summed E-state index contributed by atoms with van der Waals surface area (Å²) < 4.78 is 0. The fraction of sp³-hybridized carbons (Fsp3) is 0.0417. The van der Waals surface area contributed by atoms with E-state index >= 15 is 0 Å². The van der Waals surface area contributed by atoms with E-state index < -0.39 is 17.8 Å². The predicted molar refractivity (Wildman–Crippen MR) is 117 cm³/mol. The summed E-state index contributed by atoms with van der Waals surface area (Å²) in [5.41, 5.74) is 2.23. The molecule has 3 aromatic carbocycles. The van der Waals surface area contributed by atoms with E-state index in [0.717, 1.165) is 14.7 Å². The number of barbiturate groups is 1. The molecule has 1 fully saturated rings. The van der Waals surface area contributed by atoms with E-state index in [2.05, 4.69) is 29.6 Å². The Kier molecular flexibility index (Phi) is 5.50. The van der Waals surface area contributed by atoms with Crippen molar-refractivity contribution in [2.75, 3.05) is 4.90 Å². The van der Waals surface area contributed by atoms with Gasteiger partial charge in [0, 0.05) is 9.79 Å². The number of imide groups is 2. The maximum atomic E-state index is 12.9. The molecule has 5 nitrogen and oxygen atoms in total. The SMILES string of the molecule is Cc1ccc(Sc2ccc(/C=C3\C(=O)NC(=O)N(c4ccccc4)C3=O)cc2)cc1. The molecule has 0 saturated carbocycles. The summed E-state index contributed by atoms with van der Waals surface area (Å²) in [6.45, 7) is 2.05. The largest absolute Gasteiger partial charge is 0.335 e. The number of hydrogen-bond donors (Lipinski definition) is 1. The third-order valence-electron chi connectivity index (χ3n) is 4.56. The first kappa shape index (κ1) is 19.7. The van der Waals surface area contributed by atoms with Crippen molar-refractivity contribution < 1.29 is 14.4 Å². The number of carbonyl (C=O) groups is 3. The van der Waals surface area contributed by atoms with Crippen molar-refractivity contribution in [3.8, 4) is 0 Å². The maximum absolute atomic E-state index is 12.9. The first-order valence-electron chi connectivity index (χ1n) is 9.32. The molecule has 1 saturated heterocycles. The first-order valence-corrected chi connectivity index (χ1v) is 10.1. The molecule has 4 amide bonds. The quantitative estimate of drug-likeness (QED) is 0.491. The molecule has 0 atom stereocenters. The number of para-hydroxylation sites is 1. The molecule has 1 heterocycles. The van der Waals surface area contributed by atoms with E-state index in [0.29, 0.717) is 11.3 Å². The number of aryl methyl sites for hydroxylation is 1. The molecule has 0 aromatic heterocycles. The third kappa shape index (κ3) is 4.18. The molecule has 148 valence electrons. The molecular formula is C24H18N2O3S. The minimum atomic E-state index is -0.752. The van der Waals surface area contributed by atoms with Crippen LogP contribution in [0.1, 0.15) is 11.1 Å². The van der Waals surface area contributed by atoms with Gasteiger partial charge in [0.1, 0.15) is 5.57 Å². The van der Waals surface area contributed by atoms with E-state index in [1.807, 2.05) is 31.2 Å². The Labute approximate surface area is 178 Å². The summed E-state index contributed by atoms with van der Waals surface area (Å²) in [5.74, 6) is -1.34. The summed E-state index contributed by atoms with van der Waals surface area (Å²) in [7, 11) is 0. The molecule has 0 aliphatic carbocycles. The van der Waals surface area contributed by atoms with Crippen LogP contribution in [0.4, 0.5) is 10.5 Å². The zero-order valence-corrected chi connectivity index (χ0v) is 17.0. The van der Waals surface area contributed by atoms with Crippen molar-refractivity contribution in [1.29, 1.82) is 0 Å². The molecule has 3 aromatic rings. The normalized spacial score (nSPS) is 15.4. The fourth-order valence-corrected chi connectivity index (χ4v) is 3.83. The van der Waals surface area contributed by atoms with Gasteiger partial charge in [-0.25, -0.2) is 9.69 Å². The van der Waals surface area contributed by atoms with Crippen molar-refractivity contribution in [1.82, 2.24) is 5.32 Å². The van der Waals surface area contributed by atoms with Crippen LogP contribution in [0.2, 0.25) is 0 Å². The topological polar surface area (TPSA) is 66.5 Å². The molecule has 4 rings (SSSR count). The Balaban J connectivity index is 1.57. The number of nitrogens with one attached hydrogen (secondary N) is 1. The molecule has 6 heteroatoms. The molecule has 0 unspecified atom stereocenters. The van der Waals surface area contributed by atoms with Gasteiger partial charge in [0.2, 0.25) is 0 Å². The van der Waals surface area contributed by atoms with Crippen LogP contribution in [0.15, 0.2) is 94.2 Å². The van der Waals surface area contributed by atoms with Gasteiger partial charge in [-0.15, -0.1) is 0 Å². The lowest BCUT2D eigenvalue weighted by Gasteiger charge is -2.26. The van der Waals surface area contributed by atoms with Gasteiger partial charge in [-0.3, -0.25) is 14.9 Å². The van der Waals surface area contributed by atoms with Gasteiger partial charge >= 0.3 is 6.03 Å². The van der Waals surface area contributed by atoms with E-state index in [1.54, 1.807) is 42.1 Å². The van der Waals surface area contributed by atoms with E-state index in [9.17, 15) is 14.4 Å². The highest BCUT2D eigenvalue weighted by Crippen LogP contribution is 2.28. The monoisotopic (exact) mass is 414 g/mol. The fourth-order valence-electron chi connectivity index (χ4n) is 3.01. The average Bonchev–Trinajstić information content (AvgIpc) is 2.74. The number of anilines is 1. The minimum absolute atomic E-state index is 0.0857. The van der Waals surface area contributed by atoms with Crippen LogP contribution in [0, 0.1) is 6.92 Å². The third-order valence-corrected chi connectivity index (χ3v) is 5.58. The number of carbonyl (C=O) groups excluding carboxylic acids is 3. The maximum Gasteiger partial charge on any atom is 0.335 e. The van der Waals surface area contributed by atoms with Gasteiger partial charge in [-0.1, -0.05) is 59.8 Å². The smallest absolute Gasteiger partial charge is 0.273 e. The van der Waals surface area contributed by atoms with Crippen molar-refractivity contribution in [2.24, 2.45) is 0 Å². The van der Waals surface area contributed by atoms with Gasteiger partial charge in [0.15, 0.2) is 0 Å². The Morgan fingerprint density at radius 2 is 1.40 bits per heavy atom. The van der Waals surface area contributed by atoms with Gasteiger partial charge in [-0.2, -0.15) is 0 Å². The average molecular weight is 414 g/mol. The first-order chi connectivity index (χ1) is 14.5. The highest BCUT2D eigenvalue weighted by molar-refractivity contribution is 7.99. The van der Waals surface area contributed by atoms with E-state index in [4.69, 9.17) is 0 Å². The second-order valence-electron chi connectivity index (χ2n) is 6.78. The van der Waals surface area contributed by atoms with Crippen LogP contribution < -0.4 is 10.2 Å². The molecule has 0 bridgehead atoms. The highest BCUT2D eigenvalue weighted by Gasteiger charge is 2.36. The van der Waals surface area contributed by atoms with Crippen molar-refractivity contribution in [2.45, 2.75) is 16.7 Å². The van der Waals surface area contributed by atoms with Crippen molar-refractivity contribution in [3.63, 3.8) is 0 Å². The summed E-state index contributed by atoms with van der Waals surface area (Å²) in [4.78, 5) is 40.5. The standard InChI is InChI=1S/C24H18N2O3S/c1-16-7-11-19(12-8-16)30-20-13-9-17(10-14-20)15-21-22(27)25-24(29)26(23(21)28)18-5-3-2-4-6-18/h2-15H,1H3,(H,25,27,29)/b21-15+. The number of rotatable bonds is 4. The number of urea groups is 1. The van der Waals surface area contributed by atoms with Crippen molar-refractivity contribution >= 4 is 41.4 Å². The van der Waals surface area contributed by atoms with Gasteiger partial charge in [0.05, 0.1) is 5.69 Å². The second kappa shape index (κ2) is 8.39. The summed E-state index contributed by atoms with van der Waals surface area (Å²) in [6, 6.07) is 23.6. The van der Waals surface area contributed by atoms with Crippen LogP contribution in [0.3, 0.4) is 0 Å². The zero-order valence-electron chi connectivity index (χ0n) is 16.2. The molecule has 30 heavy (non-hydrogen) atoms. The lowest BCUT2D eigenvalue weighted by Crippen LogP contribution is -2.54. The minimum Gasteiger partial charge on any atom is -0.273 e. The zero-order chi connectivity index (χ0) is 21.1. The molecule has 0 spiro atoms. The summed E-state index contributed by atoms with van der Waals surface area (Å²) >= 11 is 1.63. The molecule has 1 aliphatic rings. The Bertz CT molecular complexity index is 1140. The molecular weight excluding hydrogens is 396 g/mol. The predicted octanol–water partition coefficient (Wildman–Crippen LogP) is 4.81. The van der Waals surface area contributed by atoms with Crippen LogP contribution in [-0.2, 0) is 9.59 Å². The van der Waals surface area contributed by atoms with Gasteiger partial charge in [0.25, 0.3) is 11.8 Å². The lowest BCUT2D eigenvalue weighted by atomic mass is 10.1. The lowest BCUT2D eigenvalue weighted by molar-refractivity contribution is -0.122. The summed E-state index contributed by atoms with van der Waals surface area (Å²) in [6.07, 6.45) is 1.50. The van der Waals surface area contributed by atoms with E-state index in [1.165, 1.54) is 11.6 Å². The van der Waals surface area contributed by atoms with Crippen molar-refractivity contribution in [3.05, 3.63) is 95.6 Å². The van der Waals surface area contributed by atoms with Gasteiger partial charge in [-0.05, 0) is 55.0 Å². The molecule has 1 N–H and O–H groups in total. The Hall–Kier alpha value is -3.64. The number of nitrogens with zero attached hydrogens (tertiary/aromatic N) is 1. The molecule has 0 radical (unpaired) electrons. The van der Waals surface area contributed by atoms with Crippen LogP contribution in [0.25, 0.3) is 6.08 Å². The number of amides is 4.